The molecule has 1 heterocycles. The Morgan fingerprint density at radius 1 is 1.24 bits per heavy atom. The van der Waals surface area contributed by atoms with Crippen LogP contribution in [-0.4, -0.2) is 61.3 Å². The molecule has 1 fully saturated rings. The van der Waals surface area contributed by atoms with Gasteiger partial charge in [0.25, 0.3) is 0 Å². The van der Waals surface area contributed by atoms with Crippen molar-refractivity contribution in [2.24, 2.45) is 5.92 Å². The summed E-state index contributed by atoms with van der Waals surface area (Å²) in [7, 11) is 1.41. The number of hydrogen-bond donors (Lipinski definition) is 0. The Bertz CT molecular complexity index is 564. The van der Waals surface area contributed by atoms with Crippen LogP contribution in [0.3, 0.4) is 0 Å². The summed E-state index contributed by atoms with van der Waals surface area (Å²) in [6.07, 6.45) is 0.368. The Kier molecular flexibility index (Phi) is 7.25. The molecule has 2 atom stereocenters. The normalized spacial score (nSPS) is 19.3. The molecule has 2 unspecified atom stereocenters. The highest BCUT2D eigenvalue weighted by atomic mass is 16.6. The van der Waals surface area contributed by atoms with Gasteiger partial charge in [-0.3, -0.25) is 9.69 Å². The van der Waals surface area contributed by atoms with Crippen LogP contribution in [0, 0.1) is 5.92 Å². The first-order chi connectivity index (χ1) is 12.0. The standard InChI is InChI=1S/C19H28N2O4/c1-4-25-19(23)21-11-10-20(13-16-8-6-5-7-9-16)17(14-21)12-15(2)18(22)24-3/h5-9,15,17H,4,10-14H2,1-3H3. The Morgan fingerprint density at radius 3 is 2.60 bits per heavy atom. The van der Waals surface area contributed by atoms with E-state index in [9.17, 15) is 9.59 Å². The van der Waals surface area contributed by atoms with Gasteiger partial charge in [0.15, 0.2) is 0 Å². The molecule has 25 heavy (non-hydrogen) atoms. The maximum atomic E-state index is 12.1. The Labute approximate surface area is 149 Å². The minimum absolute atomic E-state index is 0.0902. The molecule has 6 heteroatoms. The van der Waals surface area contributed by atoms with Crippen molar-refractivity contribution in [3.05, 3.63) is 35.9 Å². The van der Waals surface area contributed by atoms with Crippen molar-refractivity contribution in [3.63, 3.8) is 0 Å². The first kappa shape index (κ1) is 19.2. The van der Waals surface area contributed by atoms with Crippen molar-refractivity contribution < 1.29 is 19.1 Å². The van der Waals surface area contributed by atoms with Crippen LogP contribution in [-0.2, 0) is 20.8 Å². The number of amides is 1. The molecule has 2 rings (SSSR count). The molecule has 1 aromatic carbocycles. The van der Waals surface area contributed by atoms with Crippen LogP contribution in [0.15, 0.2) is 30.3 Å². The largest absolute Gasteiger partial charge is 0.469 e. The van der Waals surface area contributed by atoms with Gasteiger partial charge in [-0.15, -0.1) is 0 Å². The predicted octanol–water partition coefficient (Wildman–Crippen LogP) is 2.53. The zero-order valence-corrected chi connectivity index (χ0v) is 15.3. The lowest BCUT2D eigenvalue weighted by Gasteiger charge is -2.41. The van der Waals surface area contributed by atoms with Gasteiger partial charge in [0.05, 0.1) is 19.6 Å². The fourth-order valence-corrected chi connectivity index (χ4v) is 3.23. The summed E-state index contributed by atoms with van der Waals surface area (Å²) in [5.74, 6) is -0.427. The maximum Gasteiger partial charge on any atom is 0.409 e. The van der Waals surface area contributed by atoms with Crippen LogP contribution in [0.2, 0.25) is 0 Å². The van der Waals surface area contributed by atoms with Crippen LogP contribution >= 0.6 is 0 Å². The average Bonchev–Trinajstić information content (AvgIpc) is 2.63. The van der Waals surface area contributed by atoms with Crippen molar-refractivity contribution in [3.8, 4) is 0 Å². The minimum Gasteiger partial charge on any atom is -0.469 e. The van der Waals surface area contributed by atoms with Crippen LogP contribution < -0.4 is 0 Å². The van der Waals surface area contributed by atoms with E-state index in [2.05, 4.69) is 17.0 Å². The molecule has 0 bridgehead atoms. The number of esters is 1. The SMILES string of the molecule is CCOC(=O)N1CCN(Cc2ccccc2)C(CC(C)C(=O)OC)C1. The first-order valence-electron chi connectivity index (χ1n) is 8.82. The van der Waals surface area contributed by atoms with E-state index < -0.39 is 0 Å². The van der Waals surface area contributed by atoms with Gasteiger partial charge in [0, 0.05) is 32.2 Å². The second-order valence-corrected chi connectivity index (χ2v) is 6.41. The lowest BCUT2D eigenvalue weighted by Crippen LogP contribution is -2.55. The van der Waals surface area contributed by atoms with E-state index in [1.54, 1.807) is 11.8 Å². The monoisotopic (exact) mass is 348 g/mol. The molecule has 1 saturated heterocycles. The third-order valence-electron chi connectivity index (χ3n) is 4.59. The molecular formula is C19H28N2O4. The summed E-state index contributed by atoms with van der Waals surface area (Å²) in [5.41, 5.74) is 1.22. The van der Waals surface area contributed by atoms with Crippen LogP contribution in [0.4, 0.5) is 4.79 Å². The van der Waals surface area contributed by atoms with Crippen molar-refractivity contribution in [2.75, 3.05) is 33.4 Å². The van der Waals surface area contributed by atoms with E-state index in [1.807, 2.05) is 25.1 Å². The Morgan fingerprint density at radius 2 is 1.96 bits per heavy atom. The minimum atomic E-state index is -0.280. The van der Waals surface area contributed by atoms with Gasteiger partial charge in [-0.05, 0) is 18.9 Å². The fourth-order valence-electron chi connectivity index (χ4n) is 3.23. The van der Waals surface area contributed by atoms with Crippen molar-refractivity contribution in [2.45, 2.75) is 32.9 Å². The zero-order chi connectivity index (χ0) is 18.2. The van der Waals surface area contributed by atoms with Gasteiger partial charge in [0.1, 0.15) is 0 Å². The zero-order valence-electron chi connectivity index (χ0n) is 15.3. The van der Waals surface area contributed by atoms with Gasteiger partial charge in [0.2, 0.25) is 0 Å². The summed E-state index contributed by atoms with van der Waals surface area (Å²) in [6, 6.07) is 10.3. The highest BCUT2D eigenvalue weighted by Crippen LogP contribution is 2.21. The number of nitrogens with zero attached hydrogens (tertiary/aromatic N) is 2. The molecule has 1 aliphatic rings. The summed E-state index contributed by atoms with van der Waals surface area (Å²) in [4.78, 5) is 28.0. The van der Waals surface area contributed by atoms with Crippen LogP contribution in [0.1, 0.15) is 25.8 Å². The highest BCUT2D eigenvalue weighted by molar-refractivity contribution is 5.72. The first-order valence-corrected chi connectivity index (χ1v) is 8.82. The Balaban J connectivity index is 2.08. The van der Waals surface area contributed by atoms with Crippen molar-refractivity contribution >= 4 is 12.1 Å². The molecular weight excluding hydrogens is 320 g/mol. The summed E-state index contributed by atoms with van der Waals surface area (Å²) in [5, 5.41) is 0. The number of ether oxygens (including phenoxy) is 2. The molecule has 0 aromatic heterocycles. The number of rotatable bonds is 6. The molecule has 0 N–H and O–H groups in total. The van der Waals surface area contributed by atoms with E-state index in [0.717, 1.165) is 13.1 Å². The Hall–Kier alpha value is -2.08. The summed E-state index contributed by atoms with van der Waals surface area (Å²) < 4.78 is 9.99. The summed E-state index contributed by atoms with van der Waals surface area (Å²) >= 11 is 0. The number of carbonyl (C=O) groups excluding carboxylic acids is 2. The lowest BCUT2D eigenvalue weighted by atomic mass is 9.98. The number of benzene rings is 1. The molecule has 1 aliphatic heterocycles. The van der Waals surface area contributed by atoms with Gasteiger partial charge in [-0.25, -0.2) is 4.79 Å². The molecule has 1 amide bonds. The van der Waals surface area contributed by atoms with E-state index >= 15 is 0 Å². The van der Waals surface area contributed by atoms with Crippen LogP contribution in [0.5, 0.6) is 0 Å². The maximum absolute atomic E-state index is 12.1. The van der Waals surface area contributed by atoms with Gasteiger partial charge in [-0.2, -0.15) is 0 Å². The van der Waals surface area contributed by atoms with E-state index in [4.69, 9.17) is 9.47 Å². The number of hydrogen-bond acceptors (Lipinski definition) is 5. The molecule has 0 saturated carbocycles. The van der Waals surface area contributed by atoms with E-state index in [0.29, 0.717) is 26.1 Å². The van der Waals surface area contributed by atoms with Gasteiger partial charge in [-0.1, -0.05) is 37.3 Å². The molecule has 6 nitrogen and oxygen atoms in total. The molecule has 1 aromatic rings. The topological polar surface area (TPSA) is 59.1 Å². The fraction of sp³-hybridized carbons (Fsp3) is 0.579. The highest BCUT2D eigenvalue weighted by Gasteiger charge is 2.32. The predicted molar refractivity (Wildman–Crippen MR) is 95.0 cm³/mol. The lowest BCUT2D eigenvalue weighted by molar-refractivity contribution is -0.145. The third-order valence-corrected chi connectivity index (χ3v) is 4.59. The molecule has 0 spiro atoms. The van der Waals surface area contributed by atoms with Crippen molar-refractivity contribution in [1.29, 1.82) is 0 Å². The number of piperazine rings is 1. The molecule has 0 radical (unpaired) electrons. The second-order valence-electron chi connectivity index (χ2n) is 6.41. The van der Waals surface area contributed by atoms with Gasteiger partial charge < -0.3 is 14.4 Å². The molecule has 138 valence electrons. The van der Waals surface area contributed by atoms with Gasteiger partial charge >= 0.3 is 12.1 Å². The molecule has 0 aliphatic carbocycles. The van der Waals surface area contributed by atoms with Crippen LogP contribution in [0.25, 0.3) is 0 Å². The average molecular weight is 348 g/mol. The third kappa shape index (κ3) is 5.46. The van der Waals surface area contributed by atoms with E-state index in [-0.39, 0.29) is 24.0 Å². The quantitative estimate of drug-likeness (QED) is 0.740. The smallest absolute Gasteiger partial charge is 0.409 e. The van der Waals surface area contributed by atoms with E-state index in [1.165, 1.54) is 12.7 Å². The van der Waals surface area contributed by atoms with Crippen molar-refractivity contribution in [1.82, 2.24) is 9.80 Å². The summed E-state index contributed by atoms with van der Waals surface area (Å²) in [6.45, 7) is 6.80. The number of carbonyl (C=O) groups is 2. The second kappa shape index (κ2) is 9.42. The number of methoxy groups -OCH3 is 1.